The minimum atomic E-state index is -0.0832. The third-order valence-electron chi connectivity index (χ3n) is 4.38. The number of nitrogens with zero attached hydrogens (tertiary/aromatic N) is 2. The number of nitrogen functional groups attached to an aromatic ring is 1. The lowest BCUT2D eigenvalue weighted by molar-refractivity contribution is -0.114. The van der Waals surface area contributed by atoms with Gasteiger partial charge in [0.05, 0.1) is 15.2 Å². The molecule has 0 spiro atoms. The number of aryl methyl sites for hydroxylation is 1. The molecule has 4 rings (SSSR count). The molecule has 3 N–H and O–H groups in total. The van der Waals surface area contributed by atoms with Crippen molar-refractivity contribution in [1.82, 2.24) is 9.97 Å². The van der Waals surface area contributed by atoms with Crippen molar-refractivity contribution in [2.75, 3.05) is 11.1 Å². The SMILES string of the molecule is CCCc1nc2c(N)nc3ccc(-c4cccc(NC(C)=O)c4)cc3c2s1. The molecule has 0 saturated carbocycles. The third-order valence-corrected chi connectivity index (χ3v) is 5.52. The molecule has 6 heteroatoms. The van der Waals surface area contributed by atoms with Gasteiger partial charge in [0.1, 0.15) is 5.52 Å². The van der Waals surface area contributed by atoms with Crippen LogP contribution in [0.25, 0.3) is 32.2 Å². The van der Waals surface area contributed by atoms with E-state index in [1.807, 2.05) is 36.4 Å². The Labute approximate surface area is 161 Å². The molecule has 5 nitrogen and oxygen atoms in total. The number of pyridine rings is 1. The summed E-state index contributed by atoms with van der Waals surface area (Å²) in [6.07, 6.45) is 1.99. The molecular weight excluding hydrogens is 356 g/mol. The Morgan fingerprint density at radius 2 is 1.96 bits per heavy atom. The number of thiazole rings is 1. The first-order valence-corrected chi connectivity index (χ1v) is 9.73. The van der Waals surface area contributed by atoms with E-state index in [-0.39, 0.29) is 5.91 Å². The average Bonchev–Trinajstić information content (AvgIpc) is 3.06. The van der Waals surface area contributed by atoms with Crippen LogP contribution in [0.4, 0.5) is 11.5 Å². The van der Waals surface area contributed by atoms with Crippen LogP contribution in [-0.4, -0.2) is 15.9 Å². The van der Waals surface area contributed by atoms with Gasteiger partial charge in [0.25, 0.3) is 0 Å². The van der Waals surface area contributed by atoms with Gasteiger partial charge in [-0.2, -0.15) is 0 Å². The highest BCUT2D eigenvalue weighted by atomic mass is 32.1. The van der Waals surface area contributed by atoms with Crippen LogP contribution in [-0.2, 0) is 11.2 Å². The van der Waals surface area contributed by atoms with Crippen molar-refractivity contribution in [2.24, 2.45) is 0 Å². The summed E-state index contributed by atoms with van der Waals surface area (Å²) in [5, 5.41) is 4.98. The van der Waals surface area contributed by atoms with Gasteiger partial charge >= 0.3 is 0 Å². The lowest BCUT2D eigenvalue weighted by atomic mass is 10.0. The maximum Gasteiger partial charge on any atom is 0.221 e. The summed E-state index contributed by atoms with van der Waals surface area (Å²) in [5.74, 6) is 0.400. The van der Waals surface area contributed by atoms with Crippen molar-refractivity contribution in [3.63, 3.8) is 0 Å². The lowest BCUT2D eigenvalue weighted by Gasteiger charge is -2.08. The second-order valence-corrected chi connectivity index (χ2v) is 7.61. The lowest BCUT2D eigenvalue weighted by Crippen LogP contribution is -2.05. The summed E-state index contributed by atoms with van der Waals surface area (Å²) in [5.41, 5.74) is 10.7. The summed E-state index contributed by atoms with van der Waals surface area (Å²) in [7, 11) is 0. The van der Waals surface area contributed by atoms with Gasteiger partial charge in [-0.05, 0) is 48.2 Å². The molecule has 2 aromatic heterocycles. The number of carbonyl (C=O) groups is 1. The predicted molar refractivity (Wildman–Crippen MR) is 113 cm³/mol. The van der Waals surface area contributed by atoms with E-state index in [4.69, 9.17) is 5.73 Å². The monoisotopic (exact) mass is 376 g/mol. The number of rotatable bonds is 4. The van der Waals surface area contributed by atoms with Gasteiger partial charge in [0.2, 0.25) is 5.91 Å². The van der Waals surface area contributed by atoms with Crippen molar-refractivity contribution in [3.05, 3.63) is 47.5 Å². The van der Waals surface area contributed by atoms with Gasteiger partial charge < -0.3 is 11.1 Å². The maximum atomic E-state index is 11.3. The summed E-state index contributed by atoms with van der Waals surface area (Å²) < 4.78 is 1.08. The van der Waals surface area contributed by atoms with E-state index < -0.39 is 0 Å². The first-order valence-electron chi connectivity index (χ1n) is 8.92. The van der Waals surface area contributed by atoms with Crippen molar-refractivity contribution < 1.29 is 4.79 Å². The molecule has 0 bridgehead atoms. The Balaban J connectivity index is 1.87. The van der Waals surface area contributed by atoms with Crippen LogP contribution in [0.2, 0.25) is 0 Å². The van der Waals surface area contributed by atoms with Crippen LogP contribution >= 0.6 is 11.3 Å². The Morgan fingerprint density at radius 3 is 2.74 bits per heavy atom. The van der Waals surface area contributed by atoms with E-state index in [9.17, 15) is 4.79 Å². The molecule has 27 heavy (non-hydrogen) atoms. The largest absolute Gasteiger partial charge is 0.382 e. The molecule has 2 aromatic carbocycles. The van der Waals surface area contributed by atoms with Crippen LogP contribution in [0, 0.1) is 0 Å². The number of nitrogens with two attached hydrogens (primary N) is 1. The molecule has 0 radical (unpaired) electrons. The molecule has 2 heterocycles. The van der Waals surface area contributed by atoms with Gasteiger partial charge in [-0.15, -0.1) is 11.3 Å². The Hall–Kier alpha value is -2.99. The molecule has 0 fully saturated rings. The van der Waals surface area contributed by atoms with Crippen molar-refractivity contribution in [3.8, 4) is 11.1 Å². The molecule has 1 amide bonds. The Kier molecular flexibility index (Phi) is 4.49. The van der Waals surface area contributed by atoms with E-state index in [1.54, 1.807) is 11.3 Å². The summed E-state index contributed by atoms with van der Waals surface area (Å²) in [6.45, 7) is 3.65. The second-order valence-electron chi connectivity index (χ2n) is 6.53. The molecule has 136 valence electrons. The highest BCUT2D eigenvalue weighted by molar-refractivity contribution is 7.19. The van der Waals surface area contributed by atoms with Crippen LogP contribution in [0.1, 0.15) is 25.3 Å². The van der Waals surface area contributed by atoms with E-state index in [0.717, 1.165) is 55.8 Å². The molecule has 0 aliphatic carbocycles. The number of anilines is 2. The normalized spacial score (nSPS) is 11.2. The number of carbonyl (C=O) groups excluding carboxylic acids is 1. The van der Waals surface area contributed by atoms with Gasteiger partial charge in [-0.25, -0.2) is 9.97 Å². The third kappa shape index (κ3) is 3.36. The van der Waals surface area contributed by atoms with E-state index in [0.29, 0.717) is 5.82 Å². The van der Waals surface area contributed by atoms with Crippen molar-refractivity contribution in [2.45, 2.75) is 26.7 Å². The highest BCUT2D eigenvalue weighted by Crippen LogP contribution is 2.35. The van der Waals surface area contributed by atoms with Gasteiger partial charge in [-0.3, -0.25) is 4.79 Å². The zero-order valence-corrected chi connectivity index (χ0v) is 16.1. The number of benzene rings is 2. The van der Waals surface area contributed by atoms with Crippen molar-refractivity contribution >= 4 is 49.9 Å². The predicted octanol–water partition coefficient (Wildman–Crippen LogP) is 5.00. The standard InChI is InChI=1S/C21H20N4OS/c1-3-5-18-25-19-20(27-18)16-11-14(8-9-17(16)24-21(19)22)13-6-4-7-15(10-13)23-12(2)26/h4,6-11H,3,5H2,1-2H3,(H2,22,24)(H,23,26). The molecule has 0 aliphatic heterocycles. The topological polar surface area (TPSA) is 80.9 Å². The van der Waals surface area contributed by atoms with E-state index in [1.165, 1.54) is 6.92 Å². The molecular formula is C21H20N4OS. The maximum absolute atomic E-state index is 11.3. The number of amides is 1. The Morgan fingerprint density at radius 1 is 1.15 bits per heavy atom. The molecule has 0 saturated heterocycles. The smallest absolute Gasteiger partial charge is 0.221 e. The number of aromatic nitrogens is 2. The number of hydrogen-bond acceptors (Lipinski definition) is 5. The van der Waals surface area contributed by atoms with Crippen LogP contribution in [0.3, 0.4) is 0 Å². The fourth-order valence-corrected chi connectivity index (χ4v) is 4.40. The zero-order valence-electron chi connectivity index (χ0n) is 15.2. The summed E-state index contributed by atoms with van der Waals surface area (Å²) in [6, 6.07) is 14.0. The fourth-order valence-electron chi connectivity index (χ4n) is 3.20. The van der Waals surface area contributed by atoms with E-state index in [2.05, 4.69) is 28.3 Å². The first-order chi connectivity index (χ1) is 13.0. The van der Waals surface area contributed by atoms with Crippen LogP contribution in [0.5, 0.6) is 0 Å². The van der Waals surface area contributed by atoms with Crippen molar-refractivity contribution in [1.29, 1.82) is 0 Å². The second kappa shape index (κ2) is 6.96. The summed E-state index contributed by atoms with van der Waals surface area (Å²) in [4.78, 5) is 20.6. The fraction of sp³-hybridized carbons (Fsp3) is 0.190. The molecule has 0 aliphatic rings. The van der Waals surface area contributed by atoms with Gasteiger partial charge in [-0.1, -0.05) is 25.1 Å². The minimum absolute atomic E-state index is 0.0832. The number of hydrogen-bond donors (Lipinski definition) is 2. The van der Waals surface area contributed by atoms with E-state index >= 15 is 0 Å². The molecule has 0 unspecified atom stereocenters. The number of fused-ring (bicyclic) bond motifs is 3. The minimum Gasteiger partial charge on any atom is -0.382 e. The van der Waals surface area contributed by atoms with Crippen LogP contribution in [0.15, 0.2) is 42.5 Å². The quantitative estimate of drug-likeness (QED) is 0.525. The number of nitrogens with one attached hydrogen (secondary N) is 1. The first kappa shape index (κ1) is 17.4. The van der Waals surface area contributed by atoms with Gasteiger partial charge in [0.15, 0.2) is 5.82 Å². The Bertz CT molecular complexity index is 1170. The molecule has 0 atom stereocenters. The van der Waals surface area contributed by atoms with Gasteiger partial charge in [0, 0.05) is 18.0 Å². The van der Waals surface area contributed by atoms with Crippen LogP contribution < -0.4 is 11.1 Å². The highest BCUT2D eigenvalue weighted by Gasteiger charge is 2.13. The molecule has 4 aromatic rings. The average molecular weight is 376 g/mol. The summed E-state index contributed by atoms with van der Waals surface area (Å²) >= 11 is 1.69. The zero-order chi connectivity index (χ0) is 19.0.